The third-order valence-corrected chi connectivity index (χ3v) is 5.94. The lowest BCUT2D eigenvalue weighted by Crippen LogP contribution is -2.49. The minimum atomic E-state index is -1.17. The van der Waals surface area contributed by atoms with Gasteiger partial charge in [0.1, 0.15) is 6.04 Å². The van der Waals surface area contributed by atoms with Crippen LogP contribution in [0.3, 0.4) is 0 Å². The predicted molar refractivity (Wildman–Crippen MR) is 109 cm³/mol. The van der Waals surface area contributed by atoms with Crippen molar-refractivity contribution in [1.82, 2.24) is 4.90 Å². The van der Waals surface area contributed by atoms with Gasteiger partial charge in [-0.3, -0.25) is 14.5 Å². The second kappa shape index (κ2) is 11.2. The molecule has 6 nitrogen and oxygen atoms in total. The quantitative estimate of drug-likeness (QED) is 0.686. The summed E-state index contributed by atoms with van der Waals surface area (Å²) in [4.78, 5) is 22.7. The highest BCUT2D eigenvalue weighted by Gasteiger charge is 2.39. The van der Waals surface area contributed by atoms with Crippen LogP contribution >= 0.6 is 0 Å². The van der Waals surface area contributed by atoms with Gasteiger partial charge >= 0.3 is 11.9 Å². The zero-order chi connectivity index (χ0) is 20.4. The first kappa shape index (κ1) is 22.4. The van der Waals surface area contributed by atoms with E-state index in [1.807, 2.05) is 0 Å². The third-order valence-electron chi connectivity index (χ3n) is 5.94. The Kier molecular flexibility index (Phi) is 8.93. The number of carbonyl (C=O) groups is 2. The molecule has 0 spiro atoms. The van der Waals surface area contributed by atoms with Crippen molar-refractivity contribution < 1.29 is 19.8 Å². The number of carboxylic acids is 2. The molecule has 2 fully saturated rings. The number of aliphatic carboxylic acids is 2. The highest BCUT2D eigenvalue weighted by molar-refractivity contribution is 5.74. The lowest BCUT2D eigenvalue weighted by atomic mass is 9.74. The molecule has 1 aromatic carbocycles. The Labute approximate surface area is 167 Å². The van der Waals surface area contributed by atoms with Crippen molar-refractivity contribution in [3.8, 4) is 0 Å². The maximum atomic E-state index is 9.99. The van der Waals surface area contributed by atoms with E-state index < -0.39 is 18.0 Å². The molecular formula is C22H34N2O4. The highest BCUT2D eigenvalue weighted by Crippen LogP contribution is 2.43. The van der Waals surface area contributed by atoms with Crippen LogP contribution in [0.4, 0.5) is 0 Å². The van der Waals surface area contributed by atoms with Crippen LogP contribution in [-0.4, -0.2) is 46.2 Å². The normalized spacial score (nSPS) is 20.5. The van der Waals surface area contributed by atoms with Gasteiger partial charge in [0.25, 0.3) is 0 Å². The van der Waals surface area contributed by atoms with Crippen molar-refractivity contribution in [3.05, 3.63) is 35.9 Å². The molecule has 0 unspecified atom stereocenters. The number of piperidine rings is 1. The fourth-order valence-electron chi connectivity index (χ4n) is 4.40. The molecule has 1 heterocycles. The largest absolute Gasteiger partial charge is 0.481 e. The molecule has 0 bridgehead atoms. The smallest absolute Gasteiger partial charge is 0.320 e. The average molecular weight is 391 g/mol. The molecular weight excluding hydrogens is 356 g/mol. The first-order valence-electron chi connectivity index (χ1n) is 10.5. The van der Waals surface area contributed by atoms with E-state index in [9.17, 15) is 9.59 Å². The lowest BCUT2D eigenvalue weighted by molar-refractivity contribution is -0.139. The Morgan fingerprint density at radius 1 is 0.964 bits per heavy atom. The summed E-state index contributed by atoms with van der Waals surface area (Å²) in [6, 6.07) is 10.2. The predicted octanol–water partition coefficient (Wildman–Crippen LogP) is 3.60. The third kappa shape index (κ3) is 6.31. The number of carboxylic acid groups (broad SMARTS) is 2. The van der Waals surface area contributed by atoms with E-state index in [1.165, 1.54) is 64.5 Å². The number of rotatable bonds is 6. The topological polar surface area (TPSA) is 104 Å². The highest BCUT2D eigenvalue weighted by atomic mass is 16.4. The summed E-state index contributed by atoms with van der Waals surface area (Å²) < 4.78 is 0. The van der Waals surface area contributed by atoms with Crippen LogP contribution < -0.4 is 5.73 Å². The summed E-state index contributed by atoms with van der Waals surface area (Å²) in [6.45, 7) is 2.63. The van der Waals surface area contributed by atoms with Gasteiger partial charge in [-0.25, -0.2) is 0 Å². The Bertz CT molecular complexity index is 608. The molecule has 28 heavy (non-hydrogen) atoms. The van der Waals surface area contributed by atoms with Crippen LogP contribution in [0.5, 0.6) is 0 Å². The van der Waals surface area contributed by atoms with Gasteiger partial charge in [0.05, 0.1) is 0 Å². The molecule has 6 heteroatoms. The number of nitrogens with two attached hydrogens (primary N) is 1. The van der Waals surface area contributed by atoms with Gasteiger partial charge in [-0.1, -0.05) is 56.0 Å². The van der Waals surface area contributed by atoms with Gasteiger partial charge in [0.15, 0.2) is 0 Å². The molecule has 1 atom stereocenters. The fourth-order valence-corrected chi connectivity index (χ4v) is 4.40. The van der Waals surface area contributed by atoms with Crippen LogP contribution in [0.1, 0.15) is 69.8 Å². The van der Waals surface area contributed by atoms with Crippen molar-refractivity contribution in [2.24, 2.45) is 5.73 Å². The summed E-state index contributed by atoms with van der Waals surface area (Å²) in [7, 11) is 0. The molecule has 2 aliphatic rings. The first-order valence-corrected chi connectivity index (χ1v) is 10.5. The van der Waals surface area contributed by atoms with E-state index in [4.69, 9.17) is 15.9 Å². The molecule has 1 saturated heterocycles. The Balaban J connectivity index is 0.000000242. The number of nitrogens with zero attached hydrogens (tertiary/aromatic N) is 1. The van der Waals surface area contributed by atoms with Crippen LogP contribution in [0, 0.1) is 0 Å². The molecule has 156 valence electrons. The van der Waals surface area contributed by atoms with Crippen LogP contribution in [-0.2, 0) is 15.1 Å². The molecule has 0 amide bonds. The van der Waals surface area contributed by atoms with Gasteiger partial charge in [-0.2, -0.15) is 0 Å². The number of benzene rings is 1. The SMILES string of the molecule is N[C@@H](CCC(=O)O)C(=O)O.c1ccc(C2(N3CCCCC3)CCCCC2)cc1. The molecule has 1 aromatic rings. The standard InChI is InChI=1S/C17H25N.C5H9NO4/c1-4-10-16(11-5-1)17(12-6-2-7-13-17)18-14-8-3-9-15-18;6-3(5(9)10)1-2-4(7)8/h1,4-5,10-11H,2-3,6-9,12-15H2;3H,1-2,6H2,(H,7,8)(H,9,10)/t;3-/m.0/s1. The molecule has 1 aliphatic heterocycles. The molecule has 3 rings (SSSR count). The molecule has 0 radical (unpaired) electrons. The van der Waals surface area contributed by atoms with Gasteiger partial charge < -0.3 is 15.9 Å². The maximum Gasteiger partial charge on any atom is 0.320 e. The summed E-state index contributed by atoms with van der Waals surface area (Å²) in [5, 5.41) is 16.3. The monoisotopic (exact) mass is 390 g/mol. The van der Waals surface area contributed by atoms with Crippen LogP contribution in [0.2, 0.25) is 0 Å². The average Bonchev–Trinajstić information content (AvgIpc) is 2.74. The molecule has 0 aromatic heterocycles. The van der Waals surface area contributed by atoms with Crippen LogP contribution in [0.25, 0.3) is 0 Å². The summed E-state index contributed by atoms with van der Waals surface area (Å²) >= 11 is 0. The van der Waals surface area contributed by atoms with Gasteiger partial charge in [-0.05, 0) is 50.8 Å². The van der Waals surface area contributed by atoms with E-state index in [2.05, 4.69) is 35.2 Å². The number of hydrogen-bond donors (Lipinski definition) is 3. The van der Waals surface area contributed by atoms with E-state index >= 15 is 0 Å². The number of hydrogen-bond acceptors (Lipinski definition) is 4. The van der Waals surface area contributed by atoms with Crippen molar-refractivity contribution in [2.45, 2.75) is 75.8 Å². The second-order valence-corrected chi connectivity index (χ2v) is 7.88. The van der Waals surface area contributed by atoms with E-state index in [0.717, 1.165) is 0 Å². The van der Waals surface area contributed by atoms with Crippen molar-refractivity contribution in [1.29, 1.82) is 0 Å². The minimum Gasteiger partial charge on any atom is -0.481 e. The van der Waals surface area contributed by atoms with Crippen molar-refractivity contribution in [3.63, 3.8) is 0 Å². The summed E-state index contributed by atoms with van der Waals surface area (Å²) in [6.07, 6.45) is 11.0. The van der Waals surface area contributed by atoms with E-state index in [-0.39, 0.29) is 12.8 Å². The minimum absolute atomic E-state index is 0.0231. The Morgan fingerprint density at radius 3 is 2.07 bits per heavy atom. The molecule has 1 aliphatic carbocycles. The van der Waals surface area contributed by atoms with Crippen molar-refractivity contribution >= 4 is 11.9 Å². The number of likely N-dealkylation sites (tertiary alicyclic amines) is 1. The maximum absolute atomic E-state index is 9.99. The molecule has 4 N–H and O–H groups in total. The van der Waals surface area contributed by atoms with Crippen molar-refractivity contribution in [2.75, 3.05) is 13.1 Å². The van der Waals surface area contributed by atoms with Crippen LogP contribution in [0.15, 0.2) is 30.3 Å². The van der Waals surface area contributed by atoms with Gasteiger partial charge in [-0.15, -0.1) is 0 Å². The zero-order valence-electron chi connectivity index (χ0n) is 16.7. The first-order chi connectivity index (χ1) is 13.5. The zero-order valence-corrected chi connectivity index (χ0v) is 16.7. The van der Waals surface area contributed by atoms with Gasteiger partial charge in [0, 0.05) is 12.0 Å². The fraction of sp³-hybridized carbons (Fsp3) is 0.636. The molecule has 1 saturated carbocycles. The van der Waals surface area contributed by atoms with Gasteiger partial charge in [0.2, 0.25) is 0 Å². The summed E-state index contributed by atoms with van der Waals surface area (Å²) in [5.74, 6) is -2.20. The van der Waals surface area contributed by atoms with E-state index in [0.29, 0.717) is 5.54 Å². The Hall–Kier alpha value is -1.92. The Morgan fingerprint density at radius 2 is 1.54 bits per heavy atom. The summed E-state index contributed by atoms with van der Waals surface area (Å²) in [5.41, 5.74) is 6.95. The second-order valence-electron chi connectivity index (χ2n) is 7.88. The van der Waals surface area contributed by atoms with E-state index in [1.54, 1.807) is 5.56 Å². The lowest BCUT2D eigenvalue weighted by Gasteiger charge is -2.48.